The summed E-state index contributed by atoms with van der Waals surface area (Å²) < 4.78 is 7.65. The number of thiophene rings is 1. The highest BCUT2D eigenvalue weighted by atomic mass is 32.1. The van der Waals surface area contributed by atoms with E-state index in [0.717, 1.165) is 25.0 Å². The molecule has 0 amide bonds. The van der Waals surface area contributed by atoms with Crippen molar-refractivity contribution in [1.82, 2.24) is 19.8 Å². The Morgan fingerprint density at radius 2 is 1.33 bits per heavy atom. The molecule has 3 aromatic heterocycles. The first kappa shape index (κ1) is 37.4. The van der Waals surface area contributed by atoms with Gasteiger partial charge >= 0.3 is 0 Å². The van der Waals surface area contributed by atoms with Gasteiger partial charge in [0.2, 0.25) is 0 Å². The molecule has 2 N–H and O–H groups in total. The van der Waals surface area contributed by atoms with E-state index in [1.54, 1.807) is 0 Å². The van der Waals surface area contributed by atoms with Gasteiger partial charge < -0.3 is 14.5 Å². The van der Waals surface area contributed by atoms with Crippen molar-refractivity contribution in [3.05, 3.63) is 222 Å². The van der Waals surface area contributed by atoms with Gasteiger partial charge in [0, 0.05) is 64.9 Å². The maximum Gasteiger partial charge on any atom is 0.160 e. The van der Waals surface area contributed by atoms with E-state index in [1.807, 2.05) is 11.3 Å². The molecule has 0 saturated heterocycles. The predicted octanol–water partition coefficient (Wildman–Crippen LogP) is 15.3. The molecule has 1 aliphatic heterocycles. The highest BCUT2D eigenvalue weighted by Gasteiger charge is 2.28. The van der Waals surface area contributed by atoms with E-state index in [1.165, 1.54) is 103 Å². The molecule has 0 bridgehead atoms. The Bertz CT molecular complexity index is 3610. The van der Waals surface area contributed by atoms with Crippen molar-refractivity contribution in [3.8, 4) is 5.69 Å². The molecular weight excluding hydrogens is 797 g/mol. The number of para-hydroxylation sites is 2. The smallest absolute Gasteiger partial charge is 0.160 e. The number of nitrogens with zero attached hydrogens (tertiary/aromatic N) is 2. The molecule has 3 unspecified atom stereocenters. The summed E-state index contributed by atoms with van der Waals surface area (Å²) in [6, 6.07) is 60.6. The first-order valence-electron chi connectivity index (χ1n) is 22.7. The van der Waals surface area contributed by atoms with E-state index in [2.05, 4.69) is 221 Å². The van der Waals surface area contributed by atoms with E-state index in [0.29, 0.717) is 5.92 Å². The van der Waals surface area contributed by atoms with Crippen LogP contribution in [0.5, 0.6) is 0 Å². The van der Waals surface area contributed by atoms with Crippen LogP contribution in [0.25, 0.3) is 81.5 Å². The molecule has 4 nitrogen and oxygen atoms in total. The first-order chi connectivity index (χ1) is 31.6. The average molecular weight is 843 g/mol. The van der Waals surface area contributed by atoms with Gasteiger partial charge in [0.05, 0.1) is 22.6 Å². The zero-order valence-corrected chi connectivity index (χ0v) is 36.4. The molecule has 5 heteroatoms. The second-order valence-electron chi connectivity index (χ2n) is 17.7. The molecule has 10 aromatic rings. The Morgan fingerprint density at radius 1 is 0.609 bits per heavy atom. The minimum atomic E-state index is -0.218. The Balaban J connectivity index is 0.914. The summed E-state index contributed by atoms with van der Waals surface area (Å²) in [4.78, 5) is 0. The van der Waals surface area contributed by atoms with Crippen molar-refractivity contribution in [2.45, 2.75) is 44.4 Å². The normalized spacial score (nSPS) is 18.6. The summed E-state index contributed by atoms with van der Waals surface area (Å²) >= 11 is 1.86. The van der Waals surface area contributed by atoms with Gasteiger partial charge in [0.25, 0.3) is 0 Å². The summed E-state index contributed by atoms with van der Waals surface area (Å²) in [5.74, 6) is 0.448. The quantitative estimate of drug-likeness (QED) is 0.175. The Labute approximate surface area is 376 Å². The van der Waals surface area contributed by atoms with Gasteiger partial charge in [-0.05, 0) is 107 Å². The molecule has 308 valence electrons. The number of allylic oxidation sites excluding steroid dienone is 5. The van der Waals surface area contributed by atoms with Gasteiger partial charge in [0.1, 0.15) is 0 Å². The number of benzene rings is 7. The maximum absolute atomic E-state index is 4.04. The standard InChI is InChI=1S/C59H46N4S/c1-37-14-12-23-49-47-30-27-41(34-54(47)62(58(37)49)44-19-6-3-7-20-44)39-17-13-18-40(32-39)42-26-29-46-45-21-8-10-24-53(45)63(55(46)35-42)59-60-51(38-15-4-2-5-16-38)36-52(61-59)43-28-31-57-50(33-43)48-22-9-11-25-56(48)64-57/h2-12,15-17,19-37,51,59-61H,13-14,18H2,1H3. The summed E-state index contributed by atoms with van der Waals surface area (Å²) in [5, 5.41) is 14.5. The first-order valence-corrected chi connectivity index (χ1v) is 23.5. The molecule has 0 radical (unpaired) electrons. The van der Waals surface area contributed by atoms with Crippen molar-refractivity contribution < 1.29 is 0 Å². The third kappa shape index (κ3) is 6.06. The van der Waals surface area contributed by atoms with E-state index < -0.39 is 0 Å². The average Bonchev–Trinajstić information content (AvgIpc) is 4.02. The van der Waals surface area contributed by atoms with Crippen LogP contribution in [0.15, 0.2) is 188 Å². The molecule has 0 spiro atoms. The van der Waals surface area contributed by atoms with Crippen LogP contribution in [0.3, 0.4) is 0 Å². The monoisotopic (exact) mass is 842 g/mol. The van der Waals surface area contributed by atoms with Crippen LogP contribution < -0.4 is 10.6 Å². The molecule has 64 heavy (non-hydrogen) atoms. The summed E-state index contributed by atoms with van der Waals surface area (Å²) in [7, 11) is 0. The van der Waals surface area contributed by atoms with Crippen LogP contribution in [0.4, 0.5) is 0 Å². The van der Waals surface area contributed by atoms with Crippen molar-refractivity contribution in [2.24, 2.45) is 0 Å². The van der Waals surface area contributed by atoms with Crippen molar-refractivity contribution in [1.29, 1.82) is 0 Å². The van der Waals surface area contributed by atoms with Crippen molar-refractivity contribution >= 4 is 87.1 Å². The molecule has 2 aliphatic carbocycles. The maximum atomic E-state index is 4.04. The van der Waals surface area contributed by atoms with Gasteiger partial charge in [-0.1, -0.05) is 146 Å². The topological polar surface area (TPSA) is 33.9 Å². The van der Waals surface area contributed by atoms with Gasteiger partial charge in [-0.2, -0.15) is 0 Å². The lowest BCUT2D eigenvalue weighted by Gasteiger charge is -2.34. The van der Waals surface area contributed by atoms with Crippen LogP contribution in [-0.2, 0) is 0 Å². The molecule has 13 rings (SSSR count). The van der Waals surface area contributed by atoms with Crippen LogP contribution in [0.1, 0.15) is 77.9 Å². The van der Waals surface area contributed by atoms with Gasteiger partial charge in [-0.3, -0.25) is 5.32 Å². The third-order valence-electron chi connectivity index (χ3n) is 13.9. The zero-order chi connectivity index (χ0) is 42.3. The number of fused-ring (bicyclic) bond motifs is 9. The second-order valence-corrected chi connectivity index (χ2v) is 18.8. The van der Waals surface area contributed by atoms with E-state index >= 15 is 0 Å². The number of hydrogen-bond acceptors (Lipinski definition) is 3. The highest BCUT2D eigenvalue weighted by molar-refractivity contribution is 7.25. The van der Waals surface area contributed by atoms with E-state index in [-0.39, 0.29) is 12.3 Å². The number of rotatable bonds is 6. The van der Waals surface area contributed by atoms with Crippen LogP contribution in [-0.4, -0.2) is 9.13 Å². The van der Waals surface area contributed by atoms with Crippen molar-refractivity contribution in [3.63, 3.8) is 0 Å². The lowest BCUT2D eigenvalue weighted by atomic mass is 9.89. The molecule has 7 aromatic carbocycles. The van der Waals surface area contributed by atoms with Crippen molar-refractivity contribution in [2.75, 3.05) is 0 Å². The lowest BCUT2D eigenvalue weighted by Crippen LogP contribution is -2.43. The number of hydrogen-bond donors (Lipinski definition) is 2. The number of nitrogens with one attached hydrogen (secondary N) is 2. The van der Waals surface area contributed by atoms with Crippen LogP contribution in [0, 0.1) is 0 Å². The minimum absolute atomic E-state index is 0.00405. The second kappa shape index (κ2) is 15.0. The van der Waals surface area contributed by atoms with Gasteiger partial charge in [-0.15, -0.1) is 11.3 Å². The molecule has 0 saturated carbocycles. The largest absolute Gasteiger partial charge is 0.352 e. The fourth-order valence-electron chi connectivity index (χ4n) is 10.8. The van der Waals surface area contributed by atoms with Gasteiger partial charge in [-0.25, -0.2) is 0 Å². The molecule has 0 fully saturated rings. The summed E-state index contributed by atoms with van der Waals surface area (Å²) in [6.07, 6.45) is 14.8. The Kier molecular flexibility index (Phi) is 8.75. The molecule has 3 aliphatic rings. The lowest BCUT2D eigenvalue weighted by molar-refractivity contribution is 0.350. The fraction of sp³-hybridized carbons (Fsp3) is 0.119. The fourth-order valence-corrected chi connectivity index (χ4v) is 11.9. The van der Waals surface area contributed by atoms with Crippen LogP contribution >= 0.6 is 11.3 Å². The number of aromatic nitrogens is 2. The summed E-state index contributed by atoms with van der Waals surface area (Å²) in [5.41, 5.74) is 16.4. The summed E-state index contributed by atoms with van der Waals surface area (Å²) in [6.45, 7) is 2.36. The molecule has 4 heterocycles. The Hall–Kier alpha value is -7.18. The van der Waals surface area contributed by atoms with E-state index in [9.17, 15) is 0 Å². The van der Waals surface area contributed by atoms with Gasteiger partial charge in [0.15, 0.2) is 6.29 Å². The molecule has 3 atom stereocenters. The SMILES string of the molecule is CC1CC=Cc2c1n(-c1ccccc1)c1cc(C3=CCCC(c4ccc5c6ccccc6n(C6NC(c7ccc8sc9ccccc9c8c7)=CC(c7ccccc7)N6)c5c4)=C3)ccc21. The van der Waals surface area contributed by atoms with Crippen LogP contribution in [0.2, 0.25) is 0 Å². The predicted molar refractivity (Wildman–Crippen MR) is 272 cm³/mol. The third-order valence-corrected chi connectivity index (χ3v) is 15.0. The zero-order valence-electron chi connectivity index (χ0n) is 35.6. The highest BCUT2D eigenvalue weighted by Crippen LogP contribution is 2.43. The molecular formula is C59H46N4S. The minimum Gasteiger partial charge on any atom is -0.352 e. The Morgan fingerprint density at radius 3 is 2.22 bits per heavy atom. The van der Waals surface area contributed by atoms with E-state index in [4.69, 9.17) is 0 Å².